The molecule has 5 rings (SSSR count). The Hall–Kier alpha value is -3.96. The van der Waals surface area contributed by atoms with E-state index in [0.717, 1.165) is 27.8 Å². The molecule has 10 heteroatoms. The smallest absolute Gasteiger partial charge is 0.234 e. The molecule has 0 aliphatic heterocycles. The van der Waals surface area contributed by atoms with Crippen molar-refractivity contribution in [2.45, 2.75) is 13.2 Å². The Bertz CT molecular complexity index is 1560. The van der Waals surface area contributed by atoms with Gasteiger partial charge < -0.3 is 23.6 Å². The van der Waals surface area contributed by atoms with Crippen molar-refractivity contribution in [2.24, 2.45) is 0 Å². The van der Waals surface area contributed by atoms with Gasteiger partial charge >= 0.3 is 0 Å². The minimum atomic E-state index is -2.52. The quantitative estimate of drug-likeness (QED) is 0.175. The van der Waals surface area contributed by atoms with E-state index in [9.17, 15) is 8.94 Å². The lowest BCUT2D eigenvalue weighted by molar-refractivity contribution is -0.363. The maximum Gasteiger partial charge on any atom is 0.234 e. The molecule has 0 amide bonds. The number of nitrogens with one attached hydrogen (secondary N) is 3. The standard InChI is InChI=1S/C29H29FN4O4S/c1-39(35,36)14-13-31-17-23-9-12-27(38-23)21-7-10-26-24(15-21)29(33-19-32-26)34-22-8-11-28(25(30)16-22)37-18-20-5-3-2-4-6-20/h2-12,15-16,19,31,35-36H,13-14,17-18H2,1H3,(H,32,33,34)/p+1. The number of hydrogen-bond acceptors (Lipinski definition) is 6. The third-order valence-electron chi connectivity index (χ3n) is 6.03. The van der Waals surface area contributed by atoms with Crippen LogP contribution in [-0.4, -0.2) is 32.6 Å². The molecule has 0 aliphatic rings. The van der Waals surface area contributed by atoms with Gasteiger partial charge in [0.05, 0.1) is 23.4 Å². The van der Waals surface area contributed by atoms with Crippen LogP contribution in [0.1, 0.15) is 11.3 Å². The van der Waals surface area contributed by atoms with Crippen LogP contribution in [-0.2, 0) is 13.2 Å². The maximum absolute atomic E-state index is 14.8. The number of fused-ring (bicyclic) bond motifs is 1. The molecule has 0 fully saturated rings. The highest BCUT2D eigenvalue weighted by molar-refractivity contribution is 8.23. The van der Waals surface area contributed by atoms with Gasteiger partial charge in [0.15, 0.2) is 17.1 Å². The first-order chi connectivity index (χ1) is 18.8. The van der Waals surface area contributed by atoms with Crippen molar-refractivity contribution in [1.29, 1.82) is 0 Å². The van der Waals surface area contributed by atoms with E-state index in [0.29, 0.717) is 30.4 Å². The summed E-state index contributed by atoms with van der Waals surface area (Å²) in [6.07, 6.45) is 3.02. The fourth-order valence-electron chi connectivity index (χ4n) is 4.03. The number of halogens is 1. The van der Waals surface area contributed by atoms with Gasteiger partial charge in [-0.25, -0.2) is 9.37 Å². The van der Waals surface area contributed by atoms with Crippen LogP contribution in [0.15, 0.2) is 89.6 Å². The first-order valence-corrected chi connectivity index (χ1v) is 14.5. The average Bonchev–Trinajstić information content (AvgIpc) is 3.40. The monoisotopic (exact) mass is 549 g/mol. The van der Waals surface area contributed by atoms with Crippen LogP contribution in [0.4, 0.5) is 15.9 Å². The minimum absolute atomic E-state index is 0.182. The number of rotatable bonds is 11. The molecule has 202 valence electrons. The zero-order chi connectivity index (χ0) is 27.2. The molecule has 8 nitrogen and oxygen atoms in total. The van der Waals surface area contributed by atoms with E-state index in [4.69, 9.17) is 13.7 Å². The Balaban J connectivity index is 1.29. The van der Waals surface area contributed by atoms with Gasteiger partial charge in [0, 0.05) is 24.4 Å². The molecule has 0 bridgehead atoms. The Morgan fingerprint density at radius 2 is 1.92 bits per heavy atom. The largest absolute Gasteiger partial charge is 0.733 e. The van der Waals surface area contributed by atoms with Crippen molar-refractivity contribution >= 4 is 33.0 Å². The summed E-state index contributed by atoms with van der Waals surface area (Å²) in [5, 5.41) is 7.21. The molecule has 0 aliphatic carbocycles. The number of anilines is 2. The molecular weight excluding hydrogens is 519 g/mol. The lowest BCUT2D eigenvalue weighted by Gasteiger charge is -2.35. The lowest BCUT2D eigenvalue weighted by Crippen LogP contribution is -2.20. The maximum atomic E-state index is 14.8. The van der Waals surface area contributed by atoms with Gasteiger partial charge in [-0.3, -0.25) is 15.9 Å². The van der Waals surface area contributed by atoms with Crippen molar-refractivity contribution in [1.82, 2.24) is 10.3 Å². The topological polar surface area (TPSA) is 119 Å². The van der Waals surface area contributed by atoms with Gasteiger partial charge in [0.25, 0.3) is 0 Å². The summed E-state index contributed by atoms with van der Waals surface area (Å²) >= 11 is 0. The summed E-state index contributed by atoms with van der Waals surface area (Å²) in [4.78, 5) is 7.52. The van der Waals surface area contributed by atoms with Crippen LogP contribution >= 0.6 is 10.6 Å². The second-order valence-electron chi connectivity index (χ2n) is 9.21. The van der Waals surface area contributed by atoms with Crippen molar-refractivity contribution in [3.63, 3.8) is 0 Å². The van der Waals surface area contributed by atoms with Crippen LogP contribution in [0.25, 0.3) is 22.2 Å². The predicted molar refractivity (Wildman–Crippen MR) is 151 cm³/mol. The van der Waals surface area contributed by atoms with Gasteiger partial charge in [-0.05, 0) is 48.0 Å². The van der Waals surface area contributed by atoms with E-state index in [1.54, 1.807) is 18.5 Å². The number of furan rings is 1. The molecule has 5 aromatic rings. The number of hydrogen-bond donors (Lipinski definition) is 2. The highest BCUT2D eigenvalue weighted by atomic mass is 32.3. The molecule has 0 radical (unpaired) electrons. The van der Waals surface area contributed by atoms with Crippen LogP contribution in [0, 0.1) is 5.82 Å². The fourth-order valence-corrected chi connectivity index (χ4v) is 4.57. The van der Waals surface area contributed by atoms with Crippen LogP contribution < -0.4 is 20.4 Å². The van der Waals surface area contributed by atoms with Crippen LogP contribution in [0.5, 0.6) is 5.75 Å². The van der Waals surface area contributed by atoms with Crippen LogP contribution in [0.3, 0.4) is 0 Å². The van der Waals surface area contributed by atoms with Crippen molar-refractivity contribution in [3.8, 4) is 17.1 Å². The third kappa shape index (κ3) is 7.12. The molecule has 1 unspecified atom stereocenters. The van der Waals surface area contributed by atoms with E-state index < -0.39 is 16.4 Å². The first kappa shape index (κ1) is 26.6. The van der Waals surface area contributed by atoms with E-state index in [2.05, 4.69) is 20.6 Å². The highest BCUT2D eigenvalue weighted by Crippen LogP contribution is 2.32. The SMILES string of the molecule is CS([O-])([OH2+])CCNCc1ccc(-c2ccc3nc[nH+]c(Nc4ccc(OCc5ccccc5)c(F)c4)c3c2)o1. The predicted octanol–water partition coefficient (Wildman–Crippen LogP) is 5.06. The molecule has 0 spiro atoms. The summed E-state index contributed by atoms with van der Waals surface area (Å²) in [6, 6.07) is 23.9. The molecule has 1 atom stereocenters. The Morgan fingerprint density at radius 3 is 2.72 bits per heavy atom. The zero-order valence-corrected chi connectivity index (χ0v) is 22.2. The number of ether oxygens (including phenoxy) is 1. The van der Waals surface area contributed by atoms with Gasteiger partial charge in [-0.2, -0.15) is 0 Å². The number of aromatic amines is 1. The number of H-pyrrole nitrogens is 1. The third-order valence-corrected chi connectivity index (χ3v) is 7.01. The Morgan fingerprint density at radius 1 is 1.08 bits per heavy atom. The molecule has 5 N–H and O–H groups in total. The summed E-state index contributed by atoms with van der Waals surface area (Å²) in [6.45, 7) is 1.23. The van der Waals surface area contributed by atoms with Gasteiger partial charge in [0.2, 0.25) is 12.1 Å². The minimum Gasteiger partial charge on any atom is -0.733 e. The molecule has 2 heterocycles. The summed E-state index contributed by atoms with van der Waals surface area (Å²) in [7, 11) is -2.52. The molecule has 3 aromatic carbocycles. The second-order valence-corrected chi connectivity index (χ2v) is 11.6. The van der Waals surface area contributed by atoms with Gasteiger partial charge in [-0.15, -0.1) is 4.98 Å². The molecular formula is C29H30FN4O4S+. The fraction of sp³-hybridized carbons (Fsp3) is 0.172. The second kappa shape index (κ2) is 11.8. The van der Waals surface area contributed by atoms with E-state index in [1.165, 1.54) is 12.3 Å². The highest BCUT2D eigenvalue weighted by Gasteiger charge is 2.15. The first-order valence-electron chi connectivity index (χ1n) is 12.4. The van der Waals surface area contributed by atoms with E-state index in [-0.39, 0.29) is 18.1 Å². The summed E-state index contributed by atoms with van der Waals surface area (Å²) in [5.41, 5.74) is 3.14. The summed E-state index contributed by atoms with van der Waals surface area (Å²) in [5.74, 6) is 2.09. The molecule has 0 saturated carbocycles. The van der Waals surface area contributed by atoms with Crippen LogP contribution in [0.2, 0.25) is 0 Å². The van der Waals surface area contributed by atoms with E-state index >= 15 is 0 Å². The molecule has 39 heavy (non-hydrogen) atoms. The average molecular weight is 550 g/mol. The zero-order valence-electron chi connectivity index (χ0n) is 21.4. The normalized spacial score (nSPS) is 13.6. The van der Waals surface area contributed by atoms with Crippen molar-refractivity contribution in [3.05, 3.63) is 102 Å². The molecule has 2 aromatic heterocycles. The number of benzene rings is 3. The Kier molecular flexibility index (Phi) is 8.08. The van der Waals surface area contributed by atoms with E-state index in [1.807, 2.05) is 60.7 Å². The van der Waals surface area contributed by atoms with Gasteiger partial charge in [0.1, 0.15) is 18.1 Å². The summed E-state index contributed by atoms with van der Waals surface area (Å²) < 4.78 is 45.4. The lowest BCUT2D eigenvalue weighted by atomic mass is 10.1. The van der Waals surface area contributed by atoms with Gasteiger partial charge in [-0.1, -0.05) is 30.3 Å². The number of nitrogens with zero attached hydrogens (tertiary/aromatic N) is 1. The van der Waals surface area contributed by atoms with Crippen molar-refractivity contribution in [2.75, 3.05) is 23.9 Å². The Labute approximate surface area is 227 Å². The number of aromatic nitrogens is 2. The van der Waals surface area contributed by atoms with Crippen molar-refractivity contribution < 1.29 is 27.6 Å². The molecule has 0 saturated heterocycles.